The molecule has 0 bridgehead atoms. The molecule has 0 aliphatic heterocycles. The molecule has 0 radical (unpaired) electrons. The summed E-state index contributed by atoms with van der Waals surface area (Å²) >= 11 is 6.65. The van der Waals surface area contributed by atoms with E-state index in [9.17, 15) is 4.79 Å². The molecule has 0 saturated carbocycles. The fourth-order valence-electron chi connectivity index (χ4n) is 2.25. The third-order valence-corrected chi connectivity index (χ3v) is 9.89. The Labute approximate surface area is 160 Å². The number of aromatic nitrogens is 1. The molecule has 0 saturated heterocycles. The van der Waals surface area contributed by atoms with Crippen molar-refractivity contribution in [2.24, 2.45) is 0 Å². The van der Waals surface area contributed by atoms with E-state index in [2.05, 4.69) is 38.8 Å². The van der Waals surface area contributed by atoms with Crippen LogP contribution in [0.3, 0.4) is 0 Å². The van der Waals surface area contributed by atoms with E-state index in [-0.39, 0.29) is 5.04 Å². The highest BCUT2D eigenvalue weighted by atomic mass is 35.5. The van der Waals surface area contributed by atoms with Crippen LogP contribution in [-0.2, 0) is 15.8 Å². The summed E-state index contributed by atoms with van der Waals surface area (Å²) in [6.07, 6.45) is 0. The van der Waals surface area contributed by atoms with Crippen molar-refractivity contribution in [3.05, 3.63) is 34.3 Å². The Balaban J connectivity index is 2.50. The van der Waals surface area contributed by atoms with Gasteiger partial charge in [-0.05, 0) is 36.3 Å². The van der Waals surface area contributed by atoms with Crippen LogP contribution in [0.15, 0.2) is 18.2 Å². The number of rotatable bonds is 5. The van der Waals surface area contributed by atoms with Gasteiger partial charge >= 0.3 is 5.97 Å². The minimum atomic E-state index is -1.96. The van der Waals surface area contributed by atoms with Crippen molar-refractivity contribution in [3.63, 3.8) is 0 Å². The van der Waals surface area contributed by atoms with E-state index in [1.807, 2.05) is 0 Å². The maximum Gasteiger partial charge on any atom is 0.337 e. The lowest BCUT2D eigenvalue weighted by Gasteiger charge is -2.36. The fraction of sp³-hybridized carbons (Fsp3) is 0.474. The van der Waals surface area contributed by atoms with Crippen molar-refractivity contribution in [2.45, 2.75) is 45.5 Å². The Morgan fingerprint density at radius 2 is 1.88 bits per heavy atom. The molecule has 0 aliphatic carbocycles. The first-order valence-electron chi connectivity index (χ1n) is 8.40. The molecule has 7 heteroatoms. The van der Waals surface area contributed by atoms with Crippen LogP contribution in [0.2, 0.25) is 23.2 Å². The van der Waals surface area contributed by atoms with E-state index in [0.29, 0.717) is 39.5 Å². The Bertz CT molecular complexity index is 830. The number of benzene rings is 1. The first-order valence-corrected chi connectivity index (χ1v) is 11.7. The van der Waals surface area contributed by atoms with E-state index in [1.165, 1.54) is 7.11 Å². The molecule has 5 nitrogen and oxygen atoms in total. The second-order valence-corrected chi connectivity index (χ2v) is 12.9. The molecule has 0 spiro atoms. The van der Waals surface area contributed by atoms with Crippen molar-refractivity contribution in [2.75, 3.05) is 14.2 Å². The minimum Gasteiger partial charge on any atom is -0.481 e. The summed E-state index contributed by atoms with van der Waals surface area (Å²) in [5, 5.41) is 1.23. The van der Waals surface area contributed by atoms with Gasteiger partial charge in [0, 0.05) is 5.39 Å². The molecule has 2 aromatic rings. The number of halogens is 1. The fourth-order valence-corrected chi connectivity index (χ4v) is 3.48. The Kier molecular flexibility index (Phi) is 6.00. The van der Waals surface area contributed by atoms with Crippen molar-refractivity contribution >= 4 is 36.8 Å². The Morgan fingerprint density at radius 1 is 1.23 bits per heavy atom. The maximum atomic E-state index is 11.8. The van der Waals surface area contributed by atoms with Crippen molar-refractivity contribution in [1.29, 1.82) is 0 Å². The third kappa shape index (κ3) is 4.03. The van der Waals surface area contributed by atoms with Gasteiger partial charge in [-0.1, -0.05) is 32.4 Å². The average Bonchev–Trinajstić information content (AvgIpc) is 2.58. The second-order valence-electron chi connectivity index (χ2n) is 7.69. The van der Waals surface area contributed by atoms with Crippen LogP contribution >= 0.6 is 11.6 Å². The zero-order valence-electron chi connectivity index (χ0n) is 16.4. The van der Waals surface area contributed by atoms with Gasteiger partial charge in [-0.3, -0.25) is 0 Å². The van der Waals surface area contributed by atoms with Crippen LogP contribution in [0, 0.1) is 0 Å². The second kappa shape index (κ2) is 7.54. The third-order valence-electron chi connectivity index (χ3n) is 4.98. The molecule has 26 heavy (non-hydrogen) atoms. The zero-order valence-corrected chi connectivity index (χ0v) is 18.2. The van der Waals surface area contributed by atoms with Gasteiger partial charge in [0.2, 0.25) is 5.88 Å². The van der Waals surface area contributed by atoms with Gasteiger partial charge < -0.3 is 13.9 Å². The van der Waals surface area contributed by atoms with Crippen molar-refractivity contribution in [3.8, 4) is 5.88 Å². The highest BCUT2D eigenvalue weighted by Gasteiger charge is 2.37. The van der Waals surface area contributed by atoms with Crippen LogP contribution in [0.25, 0.3) is 10.9 Å². The molecule has 0 amide bonds. The summed E-state index contributed by atoms with van der Waals surface area (Å²) < 4.78 is 16.5. The number of methoxy groups -OCH3 is 2. The highest BCUT2D eigenvalue weighted by molar-refractivity contribution is 6.74. The highest BCUT2D eigenvalue weighted by Crippen LogP contribution is 2.39. The molecule has 1 aromatic carbocycles. The lowest BCUT2D eigenvalue weighted by atomic mass is 10.1. The number of hydrogen-bond acceptors (Lipinski definition) is 5. The number of fused-ring (bicyclic) bond motifs is 1. The first kappa shape index (κ1) is 20.7. The van der Waals surface area contributed by atoms with Crippen LogP contribution in [-0.4, -0.2) is 33.5 Å². The molecule has 142 valence electrons. The smallest absolute Gasteiger partial charge is 0.337 e. The van der Waals surface area contributed by atoms with Crippen LogP contribution < -0.4 is 4.74 Å². The predicted molar refractivity (Wildman–Crippen MR) is 107 cm³/mol. The van der Waals surface area contributed by atoms with E-state index in [1.54, 1.807) is 25.3 Å². The summed E-state index contributed by atoms with van der Waals surface area (Å²) in [6.45, 7) is 11.2. The van der Waals surface area contributed by atoms with Gasteiger partial charge in [0.25, 0.3) is 0 Å². The van der Waals surface area contributed by atoms with Crippen LogP contribution in [0.4, 0.5) is 0 Å². The van der Waals surface area contributed by atoms with Gasteiger partial charge in [-0.2, -0.15) is 0 Å². The quantitative estimate of drug-likeness (QED) is 0.514. The van der Waals surface area contributed by atoms with Crippen molar-refractivity contribution in [1.82, 2.24) is 4.98 Å². The molecule has 0 atom stereocenters. The molecule has 0 aliphatic rings. The van der Waals surface area contributed by atoms with Gasteiger partial charge in [0.05, 0.1) is 42.5 Å². The number of pyridine rings is 1. The average molecular weight is 396 g/mol. The molecule has 0 unspecified atom stereocenters. The predicted octanol–water partition coefficient (Wildman–Crippen LogP) is 5.21. The molecule has 0 N–H and O–H groups in total. The summed E-state index contributed by atoms with van der Waals surface area (Å²) in [6, 6.07) is 5.07. The summed E-state index contributed by atoms with van der Waals surface area (Å²) in [5.41, 5.74) is 1.76. The van der Waals surface area contributed by atoms with Crippen molar-refractivity contribution < 1.29 is 18.7 Å². The van der Waals surface area contributed by atoms with E-state index >= 15 is 0 Å². The molecular weight excluding hydrogens is 370 g/mol. The SMILES string of the molecule is COC(=O)c1ccc2nc(OC)c(CO[Si](C)(C)C(C)(C)C)c(Cl)c2c1. The van der Waals surface area contributed by atoms with E-state index in [4.69, 9.17) is 25.5 Å². The topological polar surface area (TPSA) is 57.7 Å². The van der Waals surface area contributed by atoms with Gasteiger partial charge in [-0.15, -0.1) is 0 Å². The molecule has 0 fully saturated rings. The normalized spacial score (nSPS) is 12.3. The summed E-state index contributed by atoms with van der Waals surface area (Å²) in [4.78, 5) is 16.3. The number of esters is 1. The minimum absolute atomic E-state index is 0.0784. The Hall–Kier alpha value is -1.63. The number of nitrogens with zero attached hydrogens (tertiary/aromatic N) is 1. The van der Waals surface area contributed by atoms with Crippen LogP contribution in [0.5, 0.6) is 5.88 Å². The first-order chi connectivity index (χ1) is 12.0. The number of ether oxygens (including phenoxy) is 2. The zero-order chi connectivity index (χ0) is 19.7. The van der Waals surface area contributed by atoms with Crippen LogP contribution in [0.1, 0.15) is 36.7 Å². The summed E-state index contributed by atoms with van der Waals surface area (Å²) in [5.74, 6) is 0.0184. The summed E-state index contributed by atoms with van der Waals surface area (Å²) in [7, 11) is 0.940. The molecule has 2 rings (SSSR count). The molecular formula is C19H26ClNO4Si. The standard InChI is InChI=1S/C19H26ClNO4Si/c1-19(2,3)26(6,7)25-11-14-16(20)13-10-12(18(22)24-5)8-9-15(13)21-17(14)23-4/h8-10H,11H2,1-7H3. The number of carbonyl (C=O) groups is 1. The lowest BCUT2D eigenvalue weighted by molar-refractivity contribution is 0.0601. The maximum absolute atomic E-state index is 11.8. The van der Waals surface area contributed by atoms with Gasteiger partial charge in [0.1, 0.15) is 0 Å². The van der Waals surface area contributed by atoms with Gasteiger partial charge in [0.15, 0.2) is 8.32 Å². The number of carbonyl (C=O) groups excluding carboxylic acids is 1. The Morgan fingerprint density at radius 3 is 2.42 bits per heavy atom. The van der Waals surface area contributed by atoms with E-state index in [0.717, 1.165) is 0 Å². The largest absolute Gasteiger partial charge is 0.481 e. The molecule has 1 aromatic heterocycles. The lowest BCUT2D eigenvalue weighted by Crippen LogP contribution is -2.40. The van der Waals surface area contributed by atoms with E-state index < -0.39 is 14.3 Å². The monoisotopic (exact) mass is 395 g/mol. The van der Waals surface area contributed by atoms with Gasteiger partial charge in [-0.25, -0.2) is 9.78 Å². The number of hydrogen-bond donors (Lipinski definition) is 0. The molecule has 1 heterocycles.